The standard InChI is InChI=1S/C14H22BNO4/c1-11(2)9-13(20-15-18)16(3)14(17)19-10-12-7-5-4-6-8-12/h4-8,11,13,15,18H,9-10H2,1-3H3/t13-/m1/s1. The van der Waals surface area contributed by atoms with E-state index in [-0.39, 0.29) is 6.61 Å². The minimum atomic E-state index is -0.483. The third-order valence-corrected chi connectivity index (χ3v) is 2.87. The molecule has 1 atom stereocenters. The maximum absolute atomic E-state index is 12.0. The second-order valence-electron chi connectivity index (χ2n) is 5.03. The summed E-state index contributed by atoms with van der Waals surface area (Å²) >= 11 is 0. The largest absolute Gasteiger partial charge is 0.444 e. The van der Waals surface area contributed by atoms with Gasteiger partial charge in [0.1, 0.15) is 12.8 Å². The maximum Gasteiger partial charge on any atom is 0.436 e. The van der Waals surface area contributed by atoms with Crippen LogP contribution < -0.4 is 0 Å². The van der Waals surface area contributed by atoms with E-state index in [9.17, 15) is 4.79 Å². The Balaban J connectivity index is 2.51. The Labute approximate surface area is 120 Å². The molecule has 110 valence electrons. The van der Waals surface area contributed by atoms with Gasteiger partial charge in [0, 0.05) is 7.05 Å². The highest BCUT2D eigenvalue weighted by Crippen LogP contribution is 2.13. The van der Waals surface area contributed by atoms with E-state index in [1.54, 1.807) is 7.05 Å². The van der Waals surface area contributed by atoms with E-state index in [2.05, 4.69) is 0 Å². The zero-order valence-corrected chi connectivity index (χ0v) is 12.3. The monoisotopic (exact) mass is 279 g/mol. The molecule has 0 aliphatic heterocycles. The van der Waals surface area contributed by atoms with Crippen LogP contribution in [0, 0.1) is 5.92 Å². The van der Waals surface area contributed by atoms with E-state index in [0.29, 0.717) is 12.3 Å². The summed E-state index contributed by atoms with van der Waals surface area (Å²) in [5.74, 6) is 0.343. The van der Waals surface area contributed by atoms with Gasteiger partial charge in [-0.2, -0.15) is 0 Å². The molecule has 1 N–H and O–H groups in total. The lowest BCUT2D eigenvalue weighted by Crippen LogP contribution is -2.40. The average molecular weight is 279 g/mol. The first-order chi connectivity index (χ1) is 9.54. The molecule has 0 aliphatic carbocycles. The van der Waals surface area contributed by atoms with Crippen LogP contribution in [-0.4, -0.2) is 37.0 Å². The molecule has 1 amide bonds. The molecule has 0 radical (unpaired) electrons. The van der Waals surface area contributed by atoms with E-state index in [1.165, 1.54) is 4.90 Å². The zero-order chi connectivity index (χ0) is 15.0. The van der Waals surface area contributed by atoms with Crippen LogP contribution >= 0.6 is 0 Å². The van der Waals surface area contributed by atoms with Gasteiger partial charge in [0.2, 0.25) is 0 Å². The van der Waals surface area contributed by atoms with Gasteiger partial charge in [0.25, 0.3) is 0 Å². The van der Waals surface area contributed by atoms with Gasteiger partial charge in [-0.15, -0.1) is 0 Å². The van der Waals surface area contributed by atoms with Crippen molar-refractivity contribution in [2.75, 3.05) is 7.05 Å². The Morgan fingerprint density at radius 3 is 2.55 bits per heavy atom. The molecule has 1 aromatic carbocycles. The predicted octanol–water partition coefficient (Wildman–Crippen LogP) is 1.90. The minimum Gasteiger partial charge on any atom is -0.444 e. The molecule has 0 aromatic heterocycles. The van der Waals surface area contributed by atoms with Crippen LogP contribution in [0.5, 0.6) is 0 Å². The van der Waals surface area contributed by atoms with Gasteiger partial charge in [-0.1, -0.05) is 44.2 Å². The fourth-order valence-corrected chi connectivity index (χ4v) is 1.77. The number of carbonyl (C=O) groups is 1. The Kier molecular flexibility index (Phi) is 7.11. The van der Waals surface area contributed by atoms with Gasteiger partial charge in [0.15, 0.2) is 0 Å². The van der Waals surface area contributed by atoms with Crippen LogP contribution in [0.4, 0.5) is 4.79 Å². The smallest absolute Gasteiger partial charge is 0.436 e. The summed E-state index contributed by atoms with van der Waals surface area (Å²) < 4.78 is 10.4. The molecule has 0 spiro atoms. The zero-order valence-electron chi connectivity index (χ0n) is 12.3. The molecular formula is C14H22BNO4. The number of amides is 1. The summed E-state index contributed by atoms with van der Waals surface area (Å²) in [6.45, 7) is 4.27. The predicted molar refractivity (Wildman–Crippen MR) is 78.1 cm³/mol. The second kappa shape index (κ2) is 8.61. The first kappa shape index (κ1) is 16.5. The third-order valence-electron chi connectivity index (χ3n) is 2.87. The van der Waals surface area contributed by atoms with Gasteiger partial charge in [0.05, 0.1) is 0 Å². The number of carbonyl (C=O) groups excluding carboxylic acids is 1. The second-order valence-corrected chi connectivity index (χ2v) is 5.03. The lowest BCUT2D eigenvalue weighted by atomic mass is 10.1. The summed E-state index contributed by atoms with van der Waals surface area (Å²) in [6.07, 6.45) is -0.312. The van der Waals surface area contributed by atoms with Crippen molar-refractivity contribution in [3.8, 4) is 0 Å². The van der Waals surface area contributed by atoms with E-state index >= 15 is 0 Å². The van der Waals surface area contributed by atoms with Crippen LogP contribution in [-0.2, 0) is 16.0 Å². The highest BCUT2D eigenvalue weighted by molar-refractivity contribution is 6.15. The first-order valence-electron chi connectivity index (χ1n) is 6.70. The number of nitrogens with zero attached hydrogens (tertiary/aromatic N) is 1. The van der Waals surface area contributed by atoms with Crippen LogP contribution in [0.25, 0.3) is 0 Å². The van der Waals surface area contributed by atoms with Crippen molar-refractivity contribution < 1.29 is 19.2 Å². The topological polar surface area (TPSA) is 59.0 Å². The van der Waals surface area contributed by atoms with Gasteiger partial charge >= 0.3 is 13.8 Å². The minimum absolute atomic E-state index is 0.220. The number of rotatable bonds is 7. The molecule has 0 saturated carbocycles. The Hall–Kier alpha value is -1.53. The van der Waals surface area contributed by atoms with Gasteiger partial charge in [-0.05, 0) is 17.9 Å². The Morgan fingerprint density at radius 2 is 2.00 bits per heavy atom. The van der Waals surface area contributed by atoms with Crippen molar-refractivity contribution in [3.63, 3.8) is 0 Å². The van der Waals surface area contributed by atoms with Crippen molar-refractivity contribution in [1.82, 2.24) is 4.90 Å². The number of hydrogen-bond donors (Lipinski definition) is 1. The molecule has 0 aliphatic rings. The van der Waals surface area contributed by atoms with Crippen molar-refractivity contribution in [2.24, 2.45) is 5.92 Å². The van der Waals surface area contributed by atoms with Crippen molar-refractivity contribution in [1.29, 1.82) is 0 Å². The molecular weight excluding hydrogens is 257 g/mol. The van der Waals surface area contributed by atoms with Crippen LogP contribution in [0.2, 0.25) is 0 Å². The molecule has 0 saturated heterocycles. The lowest BCUT2D eigenvalue weighted by molar-refractivity contribution is 0.00998. The van der Waals surface area contributed by atoms with Gasteiger partial charge in [-0.25, -0.2) is 4.79 Å². The SMILES string of the molecule is CC(C)C[C@@H](OBO)N(C)C(=O)OCc1ccccc1. The van der Waals surface area contributed by atoms with Crippen LogP contribution in [0.3, 0.4) is 0 Å². The number of benzene rings is 1. The van der Waals surface area contributed by atoms with Crippen molar-refractivity contribution >= 4 is 13.8 Å². The fourth-order valence-electron chi connectivity index (χ4n) is 1.77. The van der Waals surface area contributed by atoms with Crippen molar-refractivity contribution in [3.05, 3.63) is 35.9 Å². The molecule has 5 nitrogen and oxygen atoms in total. The molecule has 0 unspecified atom stereocenters. The summed E-state index contributed by atoms with van der Waals surface area (Å²) in [7, 11) is 1.18. The summed E-state index contributed by atoms with van der Waals surface area (Å²) in [6, 6.07) is 9.48. The molecule has 6 heteroatoms. The van der Waals surface area contributed by atoms with Crippen LogP contribution in [0.1, 0.15) is 25.8 Å². The third kappa shape index (κ3) is 5.63. The normalized spacial score (nSPS) is 12.1. The molecule has 1 rings (SSSR count). The maximum atomic E-state index is 12.0. The Morgan fingerprint density at radius 1 is 1.35 bits per heavy atom. The van der Waals surface area contributed by atoms with E-state index < -0.39 is 20.0 Å². The summed E-state index contributed by atoms with van der Waals surface area (Å²) in [5.41, 5.74) is 0.928. The molecule has 0 bridgehead atoms. The van der Waals surface area contributed by atoms with E-state index in [1.807, 2.05) is 44.2 Å². The van der Waals surface area contributed by atoms with Crippen molar-refractivity contribution in [2.45, 2.75) is 33.1 Å². The van der Waals surface area contributed by atoms with E-state index in [0.717, 1.165) is 5.56 Å². The summed E-state index contributed by atoms with van der Waals surface area (Å²) in [4.78, 5) is 13.3. The molecule has 1 aromatic rings. The quantitative estimate of drug-likeness (QED) is 0.611. The highest BCUT2D eigenvalue weighted by Gasteiger charge is 2.22. The number of ether oxygens (including phenoxy) is 1. The Bertz CT molecular complexity index is 399. The van der Waals surface area contributed by atoms with E-state index in [4.69, 9.17) is 14.4 Å². The fraction of sp³-hybridized carbons (Fsp3) is 0.500. The average Bonchev–Trinajstić information content (AvgIpc) is 2.44. The first-order valence-corrected chi connectivity index (χ1v) is 6.70. The van der Waals surface area contributed by atoms with Gasteiger partial charge in [-0.3, -0.25) is 4.90 Å². The lowest BCUT2D eigenvalue weighted by Gasteiger charge is -2.28. The van der Waals surface area contributed by atoms with Gasteiger partial charge < -0.3 is 14.4 Å². The molecule has 20 heavy (non-hydrogen) atoms. The number of hydrogen-bond acceptors (Lipinski definition) is 4. The highest BCUT2D eigenvalue weighted by atomic mass is 16.6. The molecule has 0 fully saturated rings. The molecule has 0 heterocycles. The van der Waals surface area contributed by atoms with Crippen LogP contribution in [0.15, 0.2) is 30.3 Å². The summed E-state index contributed by atoms with van der Waals surface area (Å²) in [5, 5.41) is 8.89.